The fourth-order valence-corrected chi connectivity index (χ4v) is 2.77. The van der Waals surface area contributed by atoms with E-state index in [9.17, 15) is 0 Å². The average molecular weight is 263 g/mol. The lowest BCUT2D eigenvalue weighted by molar-refractivity contribution is 1.74. The van der Waals surface area contributed by atoms with Crippen LogP contribution in [0.4, 0.5) is 5.69 Å². The van der Waals surface area contributed by atoms with Gasteiger partial charge in [-0.15, -0.1) is 11.3 Å². The Hall–Kier alpha value is -0.250. The van der Waals surface area contributed by atoms with Crippen molar-refractivity contribution in [2.75, 3.05) is 5.73 Å². The smallest absolute Gasteiger partial charge is 0.0784 e. The third-order valence-electron chi connectivity index (χ3n) is 1.66. The molecule has 0 aliphatic rings. The van der Waals surface area contributed by atoms with Crippen molar-refractivity contribution in [3.8, 4) is 0 Å². The van der Waals surface area contributed by atoms with Crippen molar-refractivity contribution >= 4 is 54.6 Å². The third kappa shape index (κ3) is 1.13. The molecule has 0 amide bonds. The molecule has 0 spiro atoms. The van der Waals surface area contributed by atoms with E-state index in [0.717, 1.165) is 14.6 Å². The number of hydrogen-bond donors (Lipinski definition) is 1. The summed E-state index contributed by atoms with van der Waals surface area (Å²) in [5.41, 5.74) is 6.31. The first-order valence-electron chi connectivity index (χ1n) is 3.31. The lowest BCUT2D eigenvalue weighted by atomic mass is 10.2. The van der Waals surface area contributed by atoms with Gasteiger partial charge in [-0.2, -0.15) is 0 Å². The van der Waals surface area contributed by atoms with Gasteiger partial charge >= 0.3 is 0 Å². The molecular formula is C8H5BrClNS. The fourth-order valence-electron chi connectivity index (χ4n) is 1.06. The molecule has 0 fully saturated rings. The first-order chi connectivity index (χ1) is 5.70. The Kier molecular flexibility index (Phi) is 2.02. The summed E-state index contributed by atoms with van der Waals surface area (Å²) in [6.45, 7) is 0. The second-order valence-electron chi connectivity index (χ2n) is 2.43. The highest BCUT2D eigenvalue weighted by Gasteiger charge is 2.07. The van der Waals surface area contributed by atoms with Crippen molar-refractivity contribution in [2.45, 2.75) is 0 Å². The van der Waals surface area contributed by atoms with Crippen LogP contribution in [0.25, 0.3) is 10.1 Å². The summed E-state index contributed by atoms with van der Waals surface area (Å²) in [5, 5.41) is 3.74. The lowest BCUT2D eigenvalue weighted by Crippen LogP contribution is -1.86. The molecule has 0 saturated heterocycles. The molecule has 62 valence electrons. The van der Waals surface area contributed by atoms with Crippen LogP contribution in [0, 0.1) is 0 Å². The van der Waals surface area contributed by atoms with Gasteiger partial charge in [-0.25, -0.2) is 0 Å². The minimum Gasteiger partial charge on any atom is -0.397 e. The van der Waals surface area contributed by atoms with Gasteiger partial charge in [-0.3, -0.25) is 0 Å². The van der Waals surface area contributed by atoms with Crippen LogP contribution in [-0.4, -0.2) is 0 Å². The quantitative estimate of drug-likeness (QED) is 0.716. The largest absolute Gasteiger partial charge is 0.397 e. The number of hydrogen-bond acceptors (Lipinski definition) is 2. The molecule has 1 aromatic heterocycles. The van der Waals surface area contributed by atoms with Gasteiger partial charge in [0.1, 0.15) is 0 Å². The van der Waals surface area contributed by atoms with Crippen molar-refractivity contribution in [3.63, 3.8) is 0 Å². The zero-order chi connectivity index (χ0) is 8.72. The number of benzene rings is 1. The molecule has 0 unspecified atom stereocenters. The maximum Gasteiger partial charge on any atom is 0.0784 e. The minimum absolute atomic E-state index is 0.598. The Morgan fingerprint density at radius 2 is 2.25 bits per heavy atom. The van der Waals surface area contributed by atoms with Crippen molar-refractivity contribution in [2.24, 2.45) is 0 Å². The van der Waals surface area contributed by atoms with Crippen LogP contribution in [0.3, 0.4) is 0 Å². The number of nitrogen functional groups attached to an aromatic ring is 1. The van der Waals surface area contributed by atoms with Gasteiger partial charge in [-0.05, 0) is 33.4 Å². The maximum atomic E-state index is 5.95. The summed E-state index contributed by atoms with van der Waals surface area (Å²) in [7, 11) is 0. The average Bonchev–Trinajstić information content (AvgIpc) is 2.48. The molecule has 0 saturated carbocycles. The Bertz CT molecular complexity index is 438. The van der Waals surface area contributed by atoms with Gasteiger partial charge in [0, 0.05) is 14.6 Å². The van der Waals surface area contributed by atoms with Gasteiger partial charge in [0.25, 0.3) is 0 Å². The van der Waals surface area contributed by atoms with Crippen LogP contribution in [0.5, 0.6) is 0 Å². The highest BCUT2D eigenvalue weighted by molar-refractivity contribution is 9.10. The van der Waals surface area contributed by atoms with E-state index in [1.165, 1.54) is 0 Å². The van der Waals surface area contributed by atoms with Crippen LogP contribution in [0.1, 0.15) is 0 Å². The molecule has 0 bridgehead atoms. The molecule has 1 nitrogen and oxygen atoms in total. The zero-order valence-corrected chi connectivity index (χ0v) is 9.13. The molecule has 2 rings (SSSR count). The van der Waals surface area contributed by atoms with Crippen LogP contribution >= 0.6 is 38.9 Å². The molecule has 2 aromatic rings. The van der Waals surface area contributed by atoms with Gasteiger partial charge in [0.15, 0.2) is 0 Å². The molecule has 0 radical (unpaired) electrons. The number of nitrogens with two attached hydrogens (primary N) is 1. The van der Waals surface area contributed by atoms with Gasteiger partial charge in [-0.1, -0.05) is 11.6 Å². The van der Waals surface area contributed by atoms with Crippen LogP contribution in [0.15, 0.2) is 22.0 Å². The molecule has 4 heteroatoms. The zero-order valence-electron chi connectivity index (χ0n) is 5.97. The first-order valence-corrected chi connectivity index (χ1v) is 5.36. The molecule has 1 aromatic carbocycles. The van der Waals surface area contributed by atoms with Crippen LogP contribution in [-0.2, 0) is 0 Å². The summed E-state index contributed by atoms with van der Waals surface area (Å²) in [5.74, 6) is 0. The second kappa shape index (κ2) is 2.91. The molecule has 0 aliphatic carbocycles. The number of fused-ring (bicyclic) bond motifs is 1. The molecule has 1 heterocycles. The van der Waals surface area contributed by atoms with E-state index in [1.54, 1.807) is 11.3 Å². The molecule has 0 aliphatic heterocycles. The summed E-state index contributed by atoms with van der Waals surface area (Å²) in [6, 6.07) is 3.92. The lowest BCUT2D eigenvalue weighted by Gasteiger charge is -2.01. The number of rotatable bonds is 0. The maximum absolute atomic E-state index is 5.95. The first kappa shape index (κ1) is 8.35. The van der Waals surface area contributed by atoms with Gasteiger partial charge < -0.3 is 5.73 Å². The Labute approximate surface area is 87.3 Å². The Morgan fingerprint density at radius 3 is 3.00 bits per heavy atom. The van der Waals surface area contributed by atoms with Crippen molar-refractivity contribution in [1.29, 1.82) is 0 Å². The van der Waals surface area contributed by atoms with E-state index in [0.29, 0.717) is 10.7 Å². The van der Waals surface area contributed by atoms with Gasteiger partial charge in [0.05, 0.1) is 10.7 Å². The molecule has 2 N–H and O–H groups in total. The van der Waals surface area contributed by atoms with E-state index in [1.807, 2.05) is 17.5 Å². The van der Waals surface area contributed by atoms with E-state index in [4.69, 9.17) is 17.3 Å². The number of halogens is 2. The molecular weight excluding hydrogens is 258 g/mol. The summed E-state index contributed by atoms with van der Waals surface area (Å²) < 4.78 is 2.05. The molecule has 12 heavy (non-hydrogen) atoms. The fraction of sp³-hybridized carbons (Fsp3) is 0. The second-order valence-corrected chi connectivity index (χ2v) is 4.54. The van der Waals surface area contributed by atoms with Gasteiger partial charge in [0.2, 0.25) is 0 Å². The normalized spacial score (nSPS) is 10.8. The number of thiophene rings is 1. The van der Waals surface area contributed by atoms with Crippen LogP contribution < -0.4 is 5.73 Å². The predicted octanol–water partition coefficient (Wildman–Crippen LogP) is 3.90. The van der Waals surface area contributed by atoms with E-state index < -0.39 is 0 Å². The third-order valence-corrected chi connectivity index (χ3v) is 3.99. The predicted molar refractivity (Wildman–Crippen MR) is 58.9 cm³/mol. The molecule has 0 atom stereocenters. The number of anilines is 1. The van der Waals surface area contributed by atoms with Crippen molar-refractivity contribution in [3.05, 3.63) is 27.0 Å². The summed E-state index contributed by atoms with van der Waals surface area (Å²) >= 11 is 11.0. The topological polar surface area (TPSA) is 26.0 Å². The highest BCUT2D eigenvalue weighted by Crippen LogP contribution is 2.37. The minimum atomic E-state index is 0.598. The van der Waals surface area contributed by atoms with E-state index in [2.05, 4.69) is 15.9 Å². The van der Waals surface area contributed by atoms with Crippen LogP contribution in [0.2, 0.25) is 5.02 Å². The van der Waals surface area contributed by atoms with E-state index >= 15 is 0 Å². The summed E-state index contributed by atoms with van der Waals surface area (Å²) in [6.07, 6.45) is 0. The van der Waals surface area contributed by atoms with Crippen molar-refractivity contribution in [1.82, 2.24) is 0 Å². The Morgan fingerprint density at radius 1 is 1.50 bits per heavy atom. The standard InChI is InChI=1S/C8H5BrClNS/c9-7-4-1-2-12-6(4)3-5(11)8(7)10/h1-3H,11H2. The highest BCUT2D eigenvalue weighted by atomic mass is 79.9. The SMILES string of the molecule is Nc1cc2sccc2c(Br)c1Cl. The monoisotopic (exact) mass is 261 g/mol. The van der Waals surface area contributed by atoms with Crippen molar-refractivity contribution < 1.29 is 0 Å². The summed E-state index contributed by atoms with van der Waals surface area (Å²) in [4.78, 5) is 0. The Balaban J connectivity index is 2.94. The van der Waals surface area contributed by atoms with E-state index in [-0.39, 0.29) is 0 Å².